The third-order valence-electron chi connectivity index (χ3n) is 7.06. The highest BCUT2D eigenvalue weighted by Crippen LogP contribution is 2.29. The molecular weight excluding hydrogens is 468 g/mol. The highest BCUT2D eigenvalue weighted by atomic mass is 32.2. The molecule has 1 aliphatic carbocycles. The molecule has 0 saturated carbocycles. The normalized spacial score (nSPS) is 14.1. The number of rotatable bonds is 9. The molecule has 3 aromatic carbocycles. The van der Waals surface area contributed by atoms with Crippen LogP contribution in [0.3, 0.4) is 0 Å². The summed E-state index contributed by atoms with van der Waals surface area (Å²) in [7, 11) is -3.95. The van der Waals surface area contributed by atoms with Gasteiger partial charge in [0.25, 0.3) is 10.0 Å². The van der Waals surface area contributed by atoms with Gasteiger partial charge in [0, 0.05) is 0 Å². The molecule has 0 aliphatic heterocycles. The molecule has 0 aromatic heterocycles. The van der Waals surface area contributed by atoms with Crippen molar-refractivity contribution in [3.8, 4) is 0 Å². The van der Waals surface area contributed by atoms with Gasteiger partial charge in [-0.25, -0.2) is 8.42 Å². The van der Waals surface area contributed by atoms with Gasteiger partial charge >= 0.3 is 0 Å². The molecule has 0 radical (unpaired) electrons. The number of hydrogen-bond acceptors (Lipinski definition) is 3. The fourth-order valence-electron chi connectivity index (χ4n) is 4.95. The van der Waals surface area contributed by atoms with Crippen molar-refractivity contribution in [1.82, 2.24) is 5.32 Å². The zero-order chi connectivity index (χ0) is 25.7. The Morgan fingerprint density at radius 3 is 2.33 bits per heavy atom. The number of carbonyl (C=O) groups excluding carboxylic acids is 1. The fraction of sp³-hybridized carbons (Fsp3) is 0.367. The molecule has 1 atom stereocenters. The smallest absolute Gasteiger partial charge is 0.264 e. The Bertz CT molecular complexity index is 1320. The summed E-state index contributed by atoms with van der Waals surface area (Å²) in [6.45, 7) is 5.66. The van der Waals surface area contributed by atoms with Crippen LogP contribution in [0.5, 0.6) is 0 Å². The standard InChI is InChI=1S/C30H36N2O3S/c1-4-23-10-8-9-13-29(23)32(36(34,35)27-18-14-22(3)15-19-27)21-30(33)31-28(5-2)26-17-16-24-11-6-7-12-25(24)20-26/h8-10,13-20,28H,4-7,11-12,21H2,1-3H3,(H,31,33). The van der Waals surface area contributed by atoms with Crippen LogP contribution in [0.25, 0.3) is 0 Å². The monoisotopic (exact) mass is 504 g/mol. The minimum absolute atomic E-state index is 0.171. The minimum atomic E-state index is -3.95. The van der Waals surface area contributed by atoms with Gasteiger partial charge in [0.05, 0.1) is 16.6 Å². The molecule has 0 fully saturated rings. The molecule has 1 amide bonds. The van der Waals surface area contributed by atoms with E-state index in [2.05, 4.69) is 23.5 Å². The number of sulfonamides is 1. The molecule has 5 nitrogen and oxygen atoms in total. The number of nitrogens with zero attached hydrogens (tertiary/aromatic N) is 1. The van der Waals surface area contributed by atoms with Crippen LogP contribution in [0.4, 0.5) is 5.69 Å². The lowest BCUT2D eigenvalue weighted by Gasteiger charge is -2.27. The second-order valence-corrected chi connectivity index (χ2v) is 11.4. The maximum absolute atomic E-state index is 13.8. The van der Waals surface area contributed by atoms with E-state index in [1.165, 1.54) is 28.3 Å². The van der Waals surface area contributed by atoms with Gasteiger partial charge in [-0.15, -0.1) is 0 Å². The third kappa shape index (κ3) is 5.65. The number of aryl methyl sites for hydroxylation is 4. The number of fused-ring (bicyclic) bond motifs is 1. The highest BCUT2D eigenvalue weighted by molar-refractivity contribution is 7.92. The van der Waals surface area contributed by atoms with E-state index in [0.29, 0.717) is 12.1 Å². The van der Waals surface area contributed by atoms with Gasteiger partial charge in [0.15, 0.2) is 0 Å². The Labute approximate surface area is 215 Å². The number of nitrogens with one attached hydrogen (secondary N) is 1. The largest absolute Gasteiger partial charge is 0.348 e. The number of anilines is 1. The maximum Gasteiger partial charge on any atom is 0.264 e. The number of hydrogen-bond donors (Lipinski definition) is 1. The summed E-state index contributed by atoms with van der Waals surface area (Å²) in [5, 5.41) is 3.12. The van der Waals surface area contributed by atoms with Crippen LogP contribution in [0.15, 0.2) is 71.6 Å². The molecule has 0 heterocycles. The zero-order valence-corrected chi connectivity index (χ0v) is 22.3. The molecule has 36 heavy (non-hydrogen) atoms. The topological polar surface area (TPSA) is 66.5 Å². The van der Waals surface area contributed by atoms with Crippen LogP contribution in [-0.4, -0.2) is 20.9 Å². The Kier molecular flexibility index (Phi) is 8.14. The maximum atomic E-state index is 13.8. The zero-order valence-electron chi connectivity index (χ0n) is 21.5. The van der Waals surface area contributed by atoms with Gasteiger partial charge in [-0.2, -0.15) is 0 Å². The molecular formula is C30H36N2O3S. The first-order chi connectivity index (χ1) is 17.3. The van der Waals surface area contributed by atoms with Crippen molar-refractivity contribution in [2.45, 2.75) is 70.2 Å². The van der Waals surface area contributed by atoms with Crippen molar-refractivity contribution >= 4 is 21.6 Å². The van der Waals surface area contributed by atoms with E-state index < -0.39 is 10.0 Å². The molecule has 190 valence electrons. The van der Waals surface area contributed by atoms with Crippen molar-refractivity contribution in [2.24, 2.45) is 0 Å². The second-order valence-electron chi connectivity index (χ2n) is 9.57. The van der Waals surface area contributed by atoms with E-state index in [0.717, 1.165) is 36.0 Å². The Morgan fingerprint density at radius 2 is 1.64 bits per heavy atom. The molecule has 6 heteroatoms. The average molecular weight is 505 g/mol. The predicted molar refractivity (Wildman–Crippen MR) is 146 cm³/mol. The average Bonchev–Trinajstić information content (AvgIpc) is 2.90. The summed E-state index contributed by atoms with van der Waals surface area (Å²) in [6, 6.07) is 20.5. The van der Waals surface area contributed by atoms with Crippen molar-refractivity contribution in [1.29, 1.82) is 0 Å². The van der Waals surface area contributed by atoms with Crippen LogP contribution in [0.2, 0.25) is 0 Å². The van der Waals surface area contributed by atoms with Gasteiger partial charge in [0.2, 0.25) is 5.91 Å². The van der Waals surface area contributed by atoms with Crippen LogP contribution in [0.1, 0.15) is 67.0 Å². The summed E-state index contributed by atoms with van der Waals surface area (Å²) in [5.41, 5.74) is 6.24. The van der Waals surface area contributed by atoms with Crippen LogP contribution in [0, 0.1) is 6.92 Å². The SMILES string of the molecule is CCc1ccccc1N(CC(=O)NC(CC)c1ccc2c(c1)CCCC2)S(=O)(=O)c1ccc(C)cc1. The number of carbonyl (C=O) groups is 1. The molecule has 1 unspecified atom stereocenters. The lowest BCUT2D eigenvalue weighted by molar-refractivity contribution is -0.120. The van der Waals surface area contributed by atoms with Gasteiger partial charge in [-0.3, -0.25) is 9.10 Å². The molecule has 1 N–H and O–H groups in total. The van der Waals surface area contributed by atoms with Crippen LogP contribution < -0.4 is 9.62 Å². The fourth-order valence-corrected chi connectivity index (χ4v) is 6.41. The van der Waals surface area contributed by atoms with E-state index in [-0.39, 0.29) is 23.4 Å². The van der Waals surface area contributed by atoms with Crippen molar-refractivity contribution in [3.05, 3.63) is 94.5 Å². The highest BCUT2D eigenvalue weighted by Gasteiger charge is 2.29. The van der Waals surface area contributed by atoms with E-state index in [1.807, 2.05) is 39.0 Å². The molecule has 3 aromatic rings. The minimum Gasteiger partial charge on any atom is -0.348 e. The summed E-state index contributed by atoms with van der Waals surface area (Å²) in [6.07, 6.45) is 5.99. The van der Waals surface area contributed by atoms with Crippen molar-refractivity contribution in [3.63, 3.8) is 0 Å². The van der Waals surface area contributed by atoms with E-state index in [9.17, 15) is 13.2 Å². The van der Waals surface area contributed by atoms with Crippen LogP contribution in [-0.2, 0) is 34.1 Å². The van der Waals surface area contributed by atoms with E-state index >= 15 is 0 Å². The Hall–Kier alpha value is -3.12. The predicted octanol–water partition coefficient (Wildman–Crippen LogP) is 5.90. The molecule has 0 bridgehead atoms. The summed E-state index contributed by atoms with van der Waals surface area (Å²) in [4.78, 5) is 13.5. The molecule has 0 spiro atoms. The van der Waals surface area contributed by atoms with Gasteiger partial charge in [-0.1, -0.05) is 67.9 Å². The number of amides is 1. The van der Waals surface area contributed by atoms with Gasteiger partial charge in [-0.05, 0) is 85.9 Å². The first-order valence-corrected chi connectivity index (χ1v) is 14.4. The summed E-state index contributed by atoms with van der Waals surface area (Å²) >= 11 is 0. The molecule has 1 aliphatic rings. The number of benzene rings is 3. The molecule has 4 rings (SSSR count). The van der Waals surface area contributed by atoms with Gasteiger partial charge < -0.3 is 5.32 Å². The van der Waals surface area contributed by atoms with Gasteiger partial charge in [0.1, 0.15) is 6.54 Å². The second kappa shape index (κ2) is 11.3. The summed E-state index contributed by atoms with van der Waals surface area (Å²) < 4.78 is 28.8. The Morgan fingerprint density at radius 1 is 0.944 bits per heavy atom. The number of para-hydroxylation sites is 1. The lowest BCUT2D eigenvalue weighted by atomic mass is 9.89. The lowest BCUT2D eigenvalue weighted by Crippen LogP contribution is -2.42. The van der Waals surface area contributed by atoms with E-state index in [1.54, 1.807) is 30.3 Å². The quantitative estimate of drug-likeness (QED) is 0.395. The molecule has 0 saturated heterocycles. The van der Waals surface area contributed by atoms with E-state index in [4.69, 9.17) is 0 Å². The Balaban J connectivity index is 1.63. The summed E-state index contributed by atoms with van der Waals surface area (Å²) in [5.74, 6) is -0.318. The van der Waals surface area contributed by atoms with Crippen molar-refractivity contribution in [2.75, 3.05) is 10.8 Å². The first kappa shape index (κ1) is 26.0. The van der Waals surface area contributed by atoms with Crippen molar-refractivity contribution < 1.29 is 13.2 Å². The third-order valence-corrected chi connectivity index (χ3v) is 8.83. The first-order valence-electron chi connectivity index (χ1n) is 12.9. The van der Waals surface area contributed by atoms with Crippen LogP contribution >= 0.6 is 0 Å².